The minimum atomic E-state index is -0.990. The maximum absolute atomic E-state index is 10.9. The van der Waals surface area contributed by atoms with Crippen LogP contribution < -0.4 is 4.74 Å². The molecule has 1 aromatic carbocycles. The number of aromatic carboxylic acids is 1. The summed E-state index contributed by atoms with van der Waals surface area (Å²) < 4.78 is 5.46. The number of para-hydroxylation sites is 1. The van der Waals surface area contributed by atoms with E-state index in [1.54, 1.807) is 18.2 Å². The maximum Gasteiger partial charge on any atom is 0.339 e. The monoisotopic (exact) mass is 249 g/mol. The lowest BCUT2D eigenvalue weighted by Crippen LogP contribution is -2.02. The van der Waals surface area contributed by atoms with Crippen LogP contribution in [-0.4, -0.2) is 16.1 Å². The first-order chi connectivity index (χ1) is 8.16. The van der Waals surface area contributed by atoms with Crippen LogP contribution >= 0.6 is 11.3 Å². The minimum absolute atomic E-state index is 0.167. The van der Waals surface area contributed by atoms with Gasteiger partial charge in [0.1, 0.15) is 22.9 Å². The van der Waals surface area contributed by atoms with Crippen LogP contribution in [0.5, 0.6) is 5.75 Å². The third kappa shape index (κ3) is 2.82. The molecule has 0 unspecified atom stereocenters. The highest BCUT2D eigenvalue weighted by molar-refractivity contribution is 7.09. The Morgan fingerprint density at radius 2 is 2.24 bits per heavy atom. The van der Waals surface area contributed by atoms with Gasteiger partial charge in [0, 0.05) is 11.1 Å². The SMILES string of the molecule is Cc1csc(COc2ccccc2C(=O)O)n1. The zero-order chi connectivity index (χ0) is 12.3. The van der Waals surface area contributed by atoms with Gasteiger partial charge in [0.2, 0.25) is 0 Å². The van der Waals surface area contributed by atoms with E-state index in [0.29, 0.717) is 12.4 Å². The van der Waals surface area contributed by atoms with Crippen molar-refractivity contribution in [2.45, 2.75) is 13.5 Å². The highest BCUT2D eigenvalue weighted by atomic mass is 32.1. The predicted molar refractivity (Wildman–Crippen MR) is 64.6 cm³/mol. The molecule has 2 rings (SSSR count). The van der Waals surface area contributed by atoms with Crippen molar-refractivity contribution in [1.82, 2.24) is 4.98 Å². The number of aryl methyl sites for hydroxylation is 1. The van der Waals surface area contributed by atoms with Gasteiger partial charge in [-0.3, -0.25) is 0 Å². The number of hydrogen-bond acceptors (Lipinski definition) is 4. The lowest BCUT2D eigenvalue weighted by Gasteiger charge is -2.06. The lowest BCUT2D eigenvalue weighted by molar-refractivity contribution is 0.0691. The van der Waals surface area contributed by atoms with E-state index in [0.717, 1.165) is 10.7 Å². The molecular formula is C12H11NO3S. The van der Waals surface area contributed by atoms with Crippen LogP contribution in [-0.2, 0) is 6.61 Å². The van der Waals surface area contributed by atoms with Crippen molar-refractivity contribution in [2.75, 3.05) is 0 Å². The van der Waals surface area contributed by atoms with Gasteiger partial charge in [0.15, 0.2) is 0 Å². The summed E-state index contributed by atoms with van der Waals surface area (Å²) >= 11 is 1.50. The average molecular weight is 249 g/mol. The van der Waals surface area contributed by atoms with E-state index in [1.165, 1.54) is 17.4 Å². The molecule has 0 aliphatic carbocycles. The Hall–Kier alpha value is -1.88. The molecule has 0 bridgehead atoms. The molecule has 5 heteroatoms. The van der Waals surface area contributed by atoms with Crippen LogP contribution in [0.15, 0.2) is 29.6 Å². The van der Waals surface area contributed by atoms with Gasteiger partial charge in [-0.05, 0) is 19.1 Å². The third-order valence-electron chi connectivity index (χ3n) is 2.14. The highest BCUT2D eigenvalue weighted by Gasteiger charge is 2.10. The zero-order valence-electron chi connectivity index (χ0n) is 9.21. The molecule has 0 fully saturated rings. The summed E-state index contributed by atoms with van der Waals surface area (Å²) in [7, 11) is 0. The van der Waals surface area contributed by atoms with Gasteiger partial charge in [-0.15, -0.1) is 11.3 Å². The van der Waals surface area contributed by atoms with Gasteiger partial charge >= 0.3 is 5.97 Å². The first-order valence-electron chi connectivity index (χ1n) is 5.03. The van der Waals surface area contributed by atoms with Crippen molar-refractivity contribution >= 4 is 17.3 Å². The second-order valence-corrected chi connectivity index (χ2v) is 4.42. The Bertz CT molecular complexity index is 536. The van der Waals surface area contributed by atoms with E-state index < -0.39 is 5.97 Å². The van der Waals surface area contributed by atoms with Crippen LogP contribution in [0.4, 0.5) is 0 Å². The number of carboxylic acid groups (broad SMARTS) is 1. The van der Waals surface area contributed by atoms with Crippen LogP contribution in [0.3, 0.4) is 0 Å². The summed E-state index contributed by atoms with van der Waals surface area (Å²) in [5, 5.41) is 11.7. The summed E-state index contributed by atoms with van der Waals surface area (Å²) in [4.78, 5) is 15.2. The number of aromatic nitrogens is 1. The molecule has 0 aliphatic heterocycles. The molecule has 4 nitrogen and oxygen atoms in total. The van der Waals surface area contributed by atoms with E-state index in [1.807, 2.05) is 12.3 Å². The summed E-state index contributed by atoms with van der Waals surface area (Å²) in [6.07, 6.45) is 0. The van der Waals surface area contributed by atoms with Crippen molar-refractivity contribution in [3.8, 4) is 5.75 Å². The van der Waals surface area contributed by atoms with Gasteiger partial charge in [-0.1, -0.05) is 12.1 Å². The van der Waals surface area contributed by atoms with Crippen molar-refractivity contribution < 1.29 is 14.6 Å². The molecule has 0 radical (unpaired) electrons. The summed E-state index contributed by atoms with van der Waals surface area (Å²) in [6.45, 7) is 2.20. The maximum atomic E-state index is 10.9. The summed E-state index contributed by atoms with van der Waals surface area (Å²) in [6, 6.07) is 6.58. The Morgan fingerprint density at radius 3 is 2.88 bits per heavy atom. The minimum Gasteiger partial charge on any atom is -0.486 e. The fourth-order valence-corrected chi connectivity index (χ4v) is 2.06. The standard InChI is InChI=1S/C12H11NO3S/c1-8-7-17-11(13-8)6-16-10-5-3-2-4-9(10)12(14)15/h2-5,7H,6H2,1H3,(H,14,15). The van der Waals surface area contributed by atoms with Crippen molar-refractivity contribution in [3.63, 3.8) is 0 Å². The molecule has 1 aromatic heterocycles. The molecule has 17 heavy (non-hydrogen) atoms. The quantitative estimate of drug-likeness (QED) is 0.905. The van der Waals surface area contributed by atoms with Crippen LogP contribution in [0.25, 0.3) is 0 Å². The van der Waals surface area contributed by atoms with Gasteiger partial charge < -0.3 is 9.84 Å². The zero-order valence-corrected chi connectivity index (χ0v) is 10.0. The van der Waals surface area contributed by atoms with E-state index in [2.05, 4.69) is 4.98 Å². The number of carbonyl (C=O) groups is 1. The number of thiazole rings is 1. The lowest BCUT2D eigenvalue weighted by atomic mass is 10.2. The molecule has 1 N–H and O–H groups in total. The van der Waals surface area contributed by atoms with E-state index in [-0.39, 0.29) is 5.56 Å². The molecule has 2 aromatic rings. The Kier molecular flexibility index (Phi) is 3.39. The van der Waals surface area contributed by atoms with Crippen LogP contribution in [0.1, 0.15) is 21.1 Å². The Balaban J connectivity index is 2.11. The van der Waals surface area contributed by atoms with Gasteiger partial charge in [-0.2, -0.15) is 0 Å². The Labute approximate surface area is 103 Å². The van der Waals surface area contributed by atoms with Gasteiger partial charge in [-0.25, -0.2) is 9.78 Å². The molecule has 0 saturated heterocycles. The predicted octanol–water partition coefficient (Wildman–Crippen LogP) is 2.73. The molecule has 0 spiro atoms. The molecule has 88 valence electrons. The van der Waals surface area contributed by atoms with Gasteiger partial charge in [0.25, 0.3) is 0 Å². The second kappa shape index (κ2) is 4.97. The van der Waals surface area contributed by atoms with Crippen LogP contribution in [0, 0.1) is 6.92 Å². The summed E-state index contributed by atoms with van der Waals surface area (Å²) in [5.74, 6) is -0.622. The van der Waals surface area contributed by atoms with Crippen LogP contribution in [0.2, 0.25) is 0 Å². The topological polar surface area (TPSA) is 59.4 Å². The van der Waals surface area contributed by atoms with Crippen molar-refractivity contribution in [1.29, 1.82) is 0 Å². The molecule has 0 amide bonds. The van der Waals surface area contributed by atoms with E-state index >= 15 is 0 Å². The first kappa shape index (κ1) is 11.6. The largest absolute Gasteiger partial charge is 0.486 e. The number of benzene rings is 1. The smallest absolute Gasteiger partial charge is 0.339 e. The number of rotatable bonds is 4. The van der Waals surface area contributed by atoms with Crippen molar-refractivity contribution in [3.05, 3.63) is 45.9 Å². The summed E-state index contributed by atoms with van der Waals surface area (Å²) in [5.41, 5.74) is 1.11. The number of ether oxygens (including phenoxy) is 1. The normalized spacial score (nSPS) is 10.2. The average Bonchev–Trinajstić information content (AvgIpc) is 2.73. The molecular weight excluding hydrogens is 238 g/mol. The molecule has 0 saturated carbocycles. The Morgan fingerprint density at radius 1 is 1.47 bits per heavy atom. The highest BCUT2D eigenvalue weighted by Crippen LogP contribution is 2.20. The van der Waals surface area contributed by atoms with E-state index in [9.17, 15) is 4.79 Å². The van der Waals surface area contributed by atoms with Gasteiger partial charge in [0.05, 0.1) is 0 Å². The molecule has 1 heterocycles. The fourth-order valence-electron chi connectivity index (χ4n) is 1.38. The molecule has 0 atom stereocenters. The first-order valence-corrected chi connectivity index (χ1v) is 5.91. The number of nitrogens with zero attached hydrogens (tertiary/aromatic N) is 1. The number of hydrogen-bond donors (Lipinski definition) is 1. The number of carboxylic acids is 1. The second-order valence-electron chi connectivity index (χ2n) is 3.47. The molecule has 0 aliphatic rings. The fraction of sp³-hybridized carbons (Fsp3) is 0.167. The van der Waals surface area contributed by atoms with E-state index in [4.69, 9.17) is 9.84 Å². The third-order valence-corrected chi connectivity index (χ3v) is 3.08. The van der Waals surface area contributed by atoms with Crippen molar-refractivity contribution in [2.24, 2.45) is 0 Å².